The summed E-state index contributed by atoms with van der Waals surface area (Å²) in [7, 11) is 0. The maximum atomic E-state index is 9.22. The van der Waals surface area contributed by atoms with Crippen molar-refractivity contribution >= 4 is 5.82 Å². The van der Waals surface area contributed by atoms with E-state index in [1.165, 1.54) is 6.42 Å². The van der Waals surface area contributed by atoms with Gasteiger partial charge in [0.25, 0.3) is 0 Å². The third-order valence-corrected chi connectivity index (χ3v) is 3.92. The first-order valence-electron chi connectivity index (χ1n) is 7.06. The molecule has 1 aliphatic rings. The molecule has 0 unspecified atom stereocenters. The Morgan fingerprint density at radius 3 is 3.05 bits per heavy atom. The minimum Gasteiger partial charge on any atom is -0.396 e. The van der Waals surface area contributed by atoms with Crippen molar-refractivity contribution in [1.82, 2.24) is 14.9 Å². The molecule has 2 N–H and O–H groups in total. The largest absolute Gasteiger partial charge is 0.396 e. The van der Waals surface area contributed by atoms with Gasteiger partial charge in [0.2, 0.25) is 0 Å². The fraction of sp³-hybridized carbons (Fsp3) is 0.714. The van der Waals surface area contributed by atoms with E-state index in [0.717, 1.165) is 49.7 Å². The van der Waals surface area contributed by atoms with Crippen LogP contribution < -0.4 is 5.32 Å². The molecule has 2 rings (SSSR count). The summed E-state index contributed by atoms with van der Waals surface area (Å²) in [5.74, 6) is 1.39. The normalized spacial score (nSPS) is 20.5. The predicted molar refractivity (Wildman–Crippen MR) is 76.2 cm³/mol. The lowest BCUT2D eigenvalue weighted by atomic mass is 9.99. The molecule has 1 aromatic heterocycles. The summed E-state index contributed by atoms with van der Waals surface area (Å²) in [6, 6.07) is 0. The summed E-state index contributed by atoms with van der Waals surface area (Å²) in [6.07, 6.45) is 3.95. The molecule has 106 valence electrons. The van der Waals surface area contributed by atoms with Crippen LogP contribution in [0.2, 0.25) is 0 Å². The Morgan fingerprint density at radius 1 is 1.42 bits per heavy atom. The van der Waals surface area contributed by atoms with Crippen LogP contribution in [0.15, 0.2) is 6.33 Å². The highest BCUT2D eigenvalue weighted by molar-refractivity contribution is 5.44. The molecule has 0 saturated carbocycles. The highest BCUT2D eigenvalue weighted by Crippen LogP contribution is 2.16. The Kier molecular flexibility index (Phi) is 5.10. The summed E-state index contributed by atoms with van der Waals surface area (Å²) in [5, 5.41) is 12.6. The number of aryl methyl sites for hydroxylation is 1. The van der Waals surface area contributed by atoms with Crippen molar-refractivity contribution < 1.29 is 5.11 Å². The second-order valence-electron chi connectivity index (χ2n) is 5.35. The molecular weight excluding hydrogens is 240 g/mol. The van der Waals surface area contributed by atoms with Crippen LogP contribution in [0.3, 0.4) is 0 Å². The minimum absolute atomic E-state index is 0.314. The summed E-state index contributed by atoms with van der Waals surface area (Å²) in [6.45, 7) is 8.39. The average Bonchev–Trinajstić information content (AvgIpc) is 2.44. The van der Waals surface area contributed by atoms with E-state index in [0.29, 0.717) is 12.5 Å². The Hall–Kier alpha value is -1.20. The Morgan fingerprint density at radius 2 is 2.26 bits per heavy atom. The van der Waals surface area contributed by atoms with Gasteiger partial charge in [-0.1, -0.05) is 0 Å². The lowest BCUT2D eigenvalue weighted by Crippen LogP contribution is -2.39. The molecule has 1 aromatic rings. The summed E-state index contributed by atoms with van der Waals surface area (Å²) in [4.78, 5) is 10.9. The van der Waals surface area contributed by atoms with Crippen LogP contribution in [-0.4, -0.2) is 52.8 Å². The SMILES string of the molecule is Cc1ncnc(NCCN2CCC[C@H](CO)C2)c1C. The van der Waals surface area contributed by atoms with Crippen molar-refractivity contribution in [2.75, 3.05) is 38.1 Å². The number of aliphatic hydroxyl groups excluding tert-OH is 1. The van der Waals surface area contributed by atoms with E-state index in [4.69, 9.17) is 0 Å². The highest BCUT2D eigenvalue weighted by Gasteiger charge is 2.18. The molecule has 0 aliphatic carbocycles. The molecule has 0 amide bonds. The van der Waals surface area contributed by atoms with Crippen molar-refractivity contribution in [3.8, 4) is 0 Å². The van der Waals surface area contributed by atoms with E-state index in [1.807, 2.05) is 13.8 Å². The number of likely N-dealkylation sites (tertiary alicyclic amines) is 1. The molecular formula is C14H24N4O. The number of rotatable bonds is 5. The summed E-state index contributed by atoms with van der Waals surface area (Å²) >= 11 is 0. The number of aromatic nitrogens is 2. The van der Waals surface area contributed by atoms with Gasteiger partial charge in [-0.15, -0.1) is 0 Å². The third kappa shape index (κ3) is 3.88. The van der Waals surface area contributed by atoms with Gasteiger partial charge in [-0.2, -0.15) is 0 Å². The van der Waals surface area contributed by atoms with Crippen LogP contribution in [0.5, 0.6) is 0 Å². The number of hydrogen-bond acceptors (Lipinski definition) is 5. The lowest BCUT2D eigenvalue weighted by molar-refractivity contribution is 0.123. The fourth-order valence-electron chi connectivity index (χ4n) is 2.55. The van der Waals surface area contributed by atoms with Gasteiger partial charge < -0.3 is 15.3 Å². The van der Waals surface area contributed by atoms with E-state index >= 15 is 0 Å². The smallest absolute Gasteiger partial charge is 0.132 e. The predicted octanol–water partition coefficient (Wildman–Crippen LogP) is 1.21. The first-order valence-corrected chi connectivity index (χ1v) is 7.06. The van der Waals surface area contributed by atoms with Crippen molar-refractivity contribution in [3.63, 3.8) is 0 Å². The van der Waals surface area contributed by atoms with Crippen LogP contribution in [-0.2, 0) is 0 Å². The van der Waals surface area contributed by atoms with Crippen molar-refractivity contribution in [2.24, 2.45) is 5.92 Å². The van der Waals surface area contributed by atoms with E-state index in [9.17, 15) is 5.11 Å². The molecule has 1 atom stereocenters. The summed E-state index contributed by atoms with van der Waals surface area (Å²) in [5.41, 5.74) is 2.14. The van der Waals surface area contributed by atoms with E-state index in [-0.39, 0.29) is 0 Å². The topological polar surface area (TPSA) is 61.3 Å². The van der Waals surface area contributed by atoms with E-state index in [1.54, 1.807) is 6.33 Å². The molecule has 0 aromatic carbocycles. The first-order chi connectivity index (χ1) is 9.20. The maximum absolute atomic E-state index is 9.22. The second kappa shape index (κ2) is 6.82. The second-order valence-corrected chi connectivity index (χ2v) is 5.35. The van der Waals surface area contributed by atoms with Crippen LogP contribution in [0.1, 0.15) is 24.1 Å². The zero-order valence-corrected chi connectivity index (χ0v) is 11.9. The summed E-state index contributed by atoms with van der Waals surface area (Å²) < 4.78 is 0. The molecule has 5 nitrogen and oxygen atoms in total. The monoisotopic (exact) mass is 264 g/mol. The minimum atomic E-state index is 0.314. The quantitative estimate of drug-likeness (QED) is 0.837. The Balaban J connectivity index is 1.78. The number of piperidine rings is 1. The molecule has 0 spiro atoms. The van der Waals surface area contributed by atoms with E-state index in [2.05, 4.69) is 20.2 Å². The van der Waals surface area contributed by atoms with E-state index < -0.39 is 0 Å². The van der Waals surface area contributed by atoms with Crippen molar-refractivity contribution in [3.05, 3.63) is 17.6 Å². The Bertz CT molecular complexity index is 410. The van der Waals surface area contributed by atoms with Gasteiger partial charge in [-0.25, -0.2) is 9.97 Å². The number of nitrogens with one attached hydrogen (secondary N) is 1. The standard InChI is InChI=1S/C14H24N4O/c1-11-12(2)16-10-17-14(11)15-5-7-18-6-3-4-13(8-18)9-19/h10,13,19H,3-9H2,1-2H3,(H,15,16,17)/t13-/m0/s1. The van der Waals surface area contributed by atoms with Gasteiger partial charge in [0.15, 0.2) is 0 Å². The van der Waals surface area contributed by atoms with Crippen molar-refractivity contribution in [1.29, 1.82) is 0 Å². The van der Waals surface area contributed by atoms with Crippen LogP contribution in [0.4, 0.5) is 5.82 Å². The number of nitrogens with zero attached hydrogens (tertiary/aromatic N) is 3. The number of hydrogen-bond donors (Lipinski definition) is 2. The van der Waals surface area contributed by atoms with Crippen molar-refractivity contribution in [2.45, 2.75) is 26.7 Å². The molecule has 2 heterocycles. The molecule has 5 heteroatoms. The van der Waals surface area contributed by atoms with Crippen LogP contribution in [0.25, 0.3) is 0 Å². The number of aliphatic hydroxyl groups is 1. The zero-order valence-electron chi connectivity index (χ0n) is 11.9. The first kappa shape index (κ1) is 14.2. The van der Waals surface area contributed by atoms with Gasteiger partial charge in [-0.3, -0.25) is 0 Å². The Labute approximate surface area is 115 Å². The fourth-order valence-corrected chi connectivity index (χ4v) is 2.55. The highest BCUT2D eigenvalue weighted by atomic mass is 16.3. The maximum Gasteiger partial charge on any atom is 0.132 e. The van der Waals surface area contributed by atoms with Gasteiger partial charge >= 0.3 is 0 Å². The third-order valence-electron chi connectivity index (χ3n) is 3.92. The van der Waals surface area contributed by atoms with Crippen LogP contribution in [0, 0.1) is 19.8 Å². The number of anilines is 1. The van der Waals surface area contributed by atoms with Gasteiger partial charge in [0.05, 0.1) is 0 Å². The molecule has 0 radical (unpaired) electrons. The lowest BCUT2D eigenvalue weighted by Gasteiger charge is -2.31. The average molecular weight is 264 g/mol. The zero-order chi connectivity index (χ0) is 13.7. The molecule has 19 heavy (non-hydrogen) atoms. The molecule has 1 aliphatic heterocycles. The van der Waals surface area contributed by atoms with Crippen LogP contribution >= 0.6 is 0 Å². The van der Waals surface area contributed by atoms with Gasteiger partial charge in [0, 0.05) is 37.5 Å². The van der Waals surface area contributed by atoms with Gasteiger partial charge in [-0.05, 0) is 39.2 Å². The molecule has 0 bridgehead atoms. The molecule has 1 fully saturated rings. The molecule has 1 saturated heterocycles. The van der Waals surface area contributed by atoms with Gasteiger partial charge in [0.1, 0.15) is 12.1 Å².